The topological polar surface area (TPSA) is 78.3 Å². The molecule has 0 atom stereocenters. The Kier molecular flexibility index (Phi) is 8.41. The lowest BCUT2D eigenvalue weighted by molar-refractivity contribution is -0.119. The van der Waals surface area contributed by atoms with Gasteiger partial charge >= 0.3 is 0 Å². The lowest BCUT2D eigenvalue weighted by Crippen LogP contribution is -2.31. The Labute approximate surface area is 197 Å². The van der Waals surface area contributed by atoms with Gasteiger partial charge in [0.25, 0.3) is 0 Å². The maximum Gasteiger partial charge on any atom is 0.230 e. The predicted molar refractivity (Wildman–Crippen MR) is 127 cm³/mol. The molecule has 0 bridgehead atoms. The Balaban J connectivity index is 1.82. The third-order valence-electron chi connectivity index (χ3n) is 4.40. The Morgan fingerprint density at radius 2 is 1.81 bits per heavy atom. The first-order chi connectivity index (χ1) is 15.4. The fourth-order valence-corrected chi connectivity index (χ4v) is 3.86. The summed E-state index contributed by atoms with van der Waals surface area (Å²) in [5, 5.41) is 12.7. The number of rotatable bonds is 10. The van der Waals surface area contributed by atoms with Gasteiger partial charge in [-0.1, -0.05) is 29.4 Å². The summed E-state index contributed by atoms with van der Waals surface area (Å²) in [5.41, 5.74) is 1.78. The van der Waals surface area contributed by atoms with Crippen molar-refractivity contribution in [2.45, 2.75) is 45.5 Å². The van der Waals surface area contributed by atoms with Gasteiger partial charge in [-0.2, -0.15) is 0 Å². The van der Waals surface area contributed by atoms with Crippen molar-refractivity contribution in [3.8, 4) is 17.2 Å². The first-order valence-electron chi connectivity index (χ1n) is 10.4. The van der Waals surface area contributed by atoms with Gasteiger partial charge in [-0.05, 0) is 69.7 Å². The molecule has 0 saturated heterocycles. The Bertz CT molecular complexity index is 1050. The van der Waals surface area contributed by atoms with Gasteiger partial charge in [0.1, 0.15) is 18.1 Å². The SMILES string of the molecule is CCOc1ccc(OCc2nnc(SCC(=O)NC(C)C)n2-c2ccc(C)c(Cl)c2)cc1. The quantitative estimate of drug-likeness (QED) is 0.424. The van der Waals surface area contributed by atoms with Gasteiger partial charge < -0.3 is 14.8 Å². The van der Waals surface area contributed by atoms with Crippen LogP contribution < -0.4 is 14.8 Å². The van der Waals surface area contributed by atoms with Crippen molar-refractivity contribution in [2.75, 3.05) is 12.4 Å². The van der Waals surface area contributed by atoms with E-state index in [4.69, 9.17) is 21.1 Å². The van der Waals surface area contributed by atoms with Crippen molar-refractivity contribution in [2.24, 2.45) is 0 Å². The molecule has 0 fully saturated rings. The van der Waals surface area contributed by atoms with E-state index in [1.54, 1.807) is 0 Å². The fraction of sp³-hybridized carbons (Fsp3) is 0.348. The maximum atomic E-state index is 12.1. The average molecular weight is 475 g/mol. The summed E-state index contributed by atoms with van der Waals surface area (Å²) >= 11 is 7.68. The molecule has 0 saturated carbocycles. The molecule has 0 aliphatic rings. The number of hydrogen-bond acceptors (Lipinski definition) is 6. The first kappa shape index (κ1) is 23.9. The van der Waals surface area contributed by atoms with Gasteiger partial charge in [0.15, 0.2) is 11.0 Å². The van der Waals surface area contributed by atoms with Gasteiger partial charge in [0.05, 0.1) is 18.0 Å². The Hall–Kier alpha value is -2.71. The van der Waals surface area contributed by atoms with Crippen molar-refractivity contribution < 1.29 is 14.3 Å². The minimum atomic E-state index is -0.0614. The van der Waals surface area contributed by atoms with Crippen LogP contribution in [-0.2, 0) is 11.4 Å². The maximum absolute atomic E-state index is 12.1. The summed E-state index contributed by atoms with van der Waals surface area (Å²) in [5.74, 6) is 2.25. The van der Waals surface area contributed by atoms with Crippen LogP contribution in [0.5, 0.6) is 11.5 Å². The highest BCUT2D eigenvalue weighted by Gasteiger charge is 2.17. The van der Waals surface area contributed by atoms with Crippen LogP contribution in [0, 0.1) is 6.92 Å². The number of benzene rings is 2. The molecule has 32 heavy (non-hydrogen) atoms. The minimum Gasteiger partial charge on any atom is -0.494 e. The third-order valence-corrected chi connectivity index (χ3v) is 5.73. The average Bonchev–Trinajstić information content (AvgIpc) is 3.16. The van der Waals surface area contributed by atoms with Crippen molar-refractivity contribution in [3.63, 3.8) is 0 Å². The molecular formula is C23H27ClN4O3S. The third kappa shape index (κ3) is 6.40. The van der Waals surface area contributed by atoms with E-state index in [9.17, 15) is 4.79 Å². The fourth-order valence-electron chi connectivity index (χ4n) is 2.91. The van der Waals surface area contributed by atoms with Crippen LogP contribution in [0.1, 0.15) is 32.2 Å². The van der Waals surface area contributed by atoms with Gasteiger partial charge in [-0.25, -0.2) is 0 Å². The molecule has 0 unspecified atom stereocenters. The van der Waals surface area contributed by atoms with E-state index in [1.165, 1.54) is 11.8 Å². The van der Waals surface area contributed by atoms with E-state index in [-0.39, 0.29) is 24.3 Å². The normalized spacial score (nSPS) is 10.9. The van der Waals surface area contributed by atoms with Gasteiger partial charge in [-0.3, -0.25) is 9.36 Å². The summed E-state index contributed by atoms with van der Waals surface area (Å²) < 4.78 is 13.3. The second-order valence-electron chi connectivity index (χ2n) is 7.37. The summed E-state index contributed by atoms with van der Waals surface area (Å²) in [6.45, 7) is 8.55. The largest absolute Gasteiger partial charge is 0.494 e. The van der Waals surface area contributed by atoms with E-state index in [2.05, 4.69) is 15.5 Å². The number of thioether (sulfide) groups is 1. The molecule has 9 heteroatoms. The number of carbonyl (C=O) groups is 1. The van der Waals surface area contributed by atoms with Crippen LogP contribution in [0.4, 0.5) is 0 Å². The van der Waals surface area contributed by atoms with Crippen LogP contribution in [0.25, 0.3) is 5.69 Å². The second-order valence-corrected chi connectivity index (χ2v) is 8.72. The molecule has 2 aromatic carbocycles. The van der Waals surface area contributed by atoms with Crippen LogP contribution >= 0.6 is 23.4 Å². The molecule has 0 radical (unpaired) electrons. The van der Waals surface area contributed by atoms with Crippen LogP contribution in [0.2, 0.25) is 5.02 Å². The highest BCUT2D eigenvalue weighted by Crippen LogP contribution is 2.26. The molecule has 0 aliphatic heterocycles. The summed E-state index contributed by atoms with van der Waals surface area (Å²) in [4.78, 5) is 12.1. The zero-order valence-electron chi connectivity index (χ0n) is 18.6. The van der Waals surface area contributed by atoms with E-state index in [0.717, 1.165) is 17.0 Å². The molecule has 3 aromatic rings. The molecular weight excluding hydrogens is 448 g/mol. The molecule has 1 N–H and O–H groups in total. The molecule has 170 valence electrons. The second kappa shape index (κ2) is 11.2. The number of nitrogens with one attached hydrogen (secondary N) is 1. The number of halogens is 1. The number of ether oxygens (including phenoxy) is 2. The van der Waals surface area contributed by atoms with Crippen LogP contribution in [-0.4, -0.2) is 39.1 Å². The summed E-state index contributed by atoms with van der Waals surface area (Å²) in [6, 6.07) is 13.2. The molecule has 0 aliphatic carbocycles. The molecule has 1 amide bonds. The van der Waals surface area contributed by atoms with E-state index < -0.39 is 0 Å². The predicted octanol–water partition coefficient (Wildman–Crippen LogP) is 4.82. The highest BCUT2D eigenvalue weighted by molar-refractivity contribution is 7.99. The number of aryl methyl sites for hydroxylation is 1. The van der Waals surface area contributed by atoms with Gasteiger partial charge in [-0.15, -0.1) is 10.2 Å². The number of amides is 1. The Morgan fingerprint density at radius 1 is 1.12 bits per heavy atom. The zero-order valence-corrected chi connectivity index (χ0v) is 20.2. The first-order valence-corrected chi connectivity index (χ1v) is 11.7. The molecule has 3 rings (SSSR count). The molecule has 1 aromatic heterocycles. The number of hydrogen-bond donors (Lipinski definition) is 1. The molecule has 0 spiro atoms. The summed E-state index contributed by atoms with van der Waals surface area (Å²) in [7, 11) is 0. The van der Waals surface area contributed by atoms with E-state index >= 15 is 0 Å². The highest BCUT2D eigenvalue weighted by atomic mass is 35.5. The standard InChI is InChI=1S/C23H27ClN4O3S/c1-5-30-18-8-10-19(11-9-18)31-13-21-26-27-23(32-14-22(29)25-15(2)3)28(21)17-7-6-16(4)20(24)12-17/h6-12,15H,5,13-14H2,1-4H3,(H,25,29). The zero-order chi connectivity index (χ0) is 23.1. The number of aromatic nitrogens is 3. The van der Waals surface area contributed by atoms with Gasteiger partial charge in [0, 0.05) is 11.1 Å². The molecule has 1 heterocycles. The van der Waals surface area contributed by atoms with Crippen molar-refractivity contribution in [1.29, 1.82) is 0 Å². The number of carbonyl (C=O) groups excluding carboxylic acids is 1. The monoisotopic (exact) mass is 474 g/mol. The lowest BCUT2D eigenvalue weighted by atomic mass is 10.2. The van der Waals surface area contributed by atoms with Crippen molar-refractivity contribution >= 4 is 29.3 Å². The van der Waals surface area contributed by atoms with Gasteiger partial charge in [0.2, 0.25) is 5.91 Å². The Morgan fingerprint density at radius 3 is 2.44 bits per heavy atom. The van der Waals surface area contributed by atoms with E-state index in [0.29, 0.717) is 28.4 Å². The number of nitrogens with zero attached hydrogens (tertiary/aromatic N) is 3. The van der Waals surface area contributed by atoms with E-state index in [1.807, 2.05) is 74.7 Å². The lowest BCUT2D eigenvalue weighted by Gasteiger charge is -2.13. The smallest absolute Gasteiger partial charge is 0.230 e. The van der Waals surface area contributed by atoms with Crippen molar-refractivity contribution in [1.82, 2.24) is 20.1 Å². The minimum absolute atomic E-state index is 0.0614. The molecule has 7 nitrogen and oxygen atoms in total. The van der Waals surface area contributed by atoms with Crippen molar-refractivity contribution in [3.05, 3.63) is 58.9 Å². The van der Waals surface area contributed by atoms with Crippen LogP contribution in [0.3, 0.4) is 0 Å². The summed E-state index contributed by atoms with van der Waals surface area (Å²) in [6.07, 6.45) is 0. The van der Waals surface area contributed by atoms with Crippen LogP contribution in [0.15, 0.2) is 47.6 Å².